The van der Waals surface area contributed by atoms with Crippen molar-refractivity contribution in [2.75, 3.05) is 11.1 Å². The van der Waals surface area contributed by atoms with Crippen LogP contribution < -0.4 is 5.32 Å². The van der Waals surface area contributed by atoms with Crippen molar-refractivity contribution in [1.82, 2.24) is 15.2 Å². The lowest BCUT2D eigenvalue weighted by Crippen LogP contribution is -2.14. The van der Waals surface area contributed by atoms with Gasteiger partial charge in [-0.15, -0.1) is 10.2 Å². The highest BCUT2D eigenvalue weighted by molar-refractivity contribution is 8.01. The predicted octanol–water partition coefficient (Wildman–Crippen LogP) is 3.03. The number of hydrogen-bond donors (Lipinski definition) is 2. The summed E-state index contributed by atoms with van der Waals surface area (Å²) in [5.74, 6) is -1.13. The van der Waals surface area contributed by atoms with Gasteiger partial charge >= 0.3 is 5.97 Å². The molecule has 1 aromatic carbocycles. The largest absolute Gasteiger partial charge is 0.478 e. The number of pyridine rings is 1. The molecule has 0 atom stereocenters. The highest BCUT2D eigenvalue weighted by Gasteiger charge is 2.10. The average Bonchev–Trinajstić information content (AvgIpc) is 3.10. The number of benzene rings is 1. The van der Waals surface area contributed by atoms with Crippen molar-refractivity contribution in [3.8, 4) is 10.6 Å². The lowest BCUT2D eigenvalue weighted by molar-refractivity contribution is -0.113. The Bertz CT molecular complexity index is 899. The second kappa shape index (κ2) is 7.86. The Morgan fingerprint density at radius 3 is 2.72 bits per heavy atom. The van der Waals surface area contributed by atoms with Crippen LogP contribution in [0.1, 0.15) is 10.4 Å². The van der Waals surface area contributed by atoms with E-state index in [1.807, 2.05) is 12.1 Å². The molecule has 25 heavy (non-hydrogen) atoms. The Morgan fingerprint density at radius 1 is 1.16 bits per heavy atom. The summed E-state index contributed by atoms with van der Waals surface area (Å²) in [7, 11) is 0. The molecule has 126 valence electrons. The number of carboxylic acids is 1. The number of aromatic nitrogens is 3. The molecule has 0 bridgehead atoms. The average molecular weight is 372 g/mol. The number of thioether (sulfide) groups is 1. The van der Waals surface area contributed by atoms with Crippen LogP contribution in [0.2, 0.25) is 0 Å². The molecular weight excluding hydrogens is 360 g/mol. The fourth-order valence-electron chi connectivity index (χ4n) is 1.93. The number of carbonyl (C=O) groups excluding carboxylic acids is 1. The van der Waals surface area contributed by atoms with Crippen molar-refractivity contribution < 1.29 is 14.7 Å². The van der Waals surface area contributed by atoms with E-state index in [1.54, 1.807) is 24.5 Å². The molecule has 0 aliphatic carbocycles. The van der Waals surface area contributed by atoms with Gasteiger partial charge in [0.15, 0.2) is 4.34 Å². The third-order valence-corrected chi connectivity index (χ3v) is 5.16. The van der Waals surface area contributed by atoms with E-state index >= 15 is 0 Å². The molecule has 0 aliphatic heterocycles. The molecule has 3 rings (SSSR count). The van der Waals surface area contributed by atoms with Crippen LogP contribution in [0.4, 0.5) is 5.69 Å². The number of nitrogens with zero attached hydrogens (tertiary/aromatic N) is 3. The van der Waals surface area contributed by atoms with Crippen LogP contribution in [0.5, 0.6) is 0 Å². The Hall–Kier alpha value is -2.78. The van der Waals surface area contributed by atoms with Gasteiger partial charge in [-0.1, -0.05) is 29.2 Å². The summed E-state index contributed by atoms with van der Waals surface area (Å²) < 4.78 is 0.682. The van der Waals surface area contributed by atoms with E-state index < -0.39 is 5.97 Å². The van der Waals surface area contributed by atoms with E-state index in [2.05, 4.69) is 20.5 Å². The molecule has 1 amide bonds. The molecule has 0 fully saturated rings. The van der Waals surface area contributed by atoms with Gasteiger partial charge in [-0.05, 0) is 30.3 Å². The molecule has 3 aromatic rings. The van der Waals surface area contributed by atoms with Crippen molar-refractivity contribution in [1.29, 1.82) is 0 Å². The summed E-state index contributed by atoms with van der Waals surface area (Å²) in [6.45, 7) is 0. The van der Waals surface area contributed by atoms with Crippen LogP contribution in [0, 0.1) is 0 Å². The lowest BCUT2D eigenvalue weighted by atomic mass is 10.2. The smallest absolute Gasteiger partial charge is 0.335 e. The first-order chi connectivity index (χ1) is 12.1. The summed E-state index contributed by atoms with van der Waals surface area (Å²) in [5.41, 5.74) is 1.49. The minimum Gasteiger partial charge on any atom is -0.478 e. The minimum atomic E-state index is -1.04. The Kier molecular flexibility index (Phi) is 5.36. The van der Waals surface area contributed by atoms with Crippen LogP contribution in [0.15, 0.2) is 53.1 Å². The number of anilines is 1. The summed E-state index contributed by atoms with van der Waals surface area (Å²) in [5, 5.41) is 20.6. The first-order valence-corrected chi connectivity index (χ1v) is 8.92. The maximum absolute atomic E-state index is 12.0. The minimum absolute atomic E-state index is 0.122. The van der Waals surface area contributed by atoms with Gasteiger partial charge in [0.05, 0.1) is 11.3 Å². The standard InChI is InChI=1S/C16H12N4O3S2/c21-13(18-12-3-1-2-11(8-12)15(22)23)9-24-16-20-19-14(25-16)10-4-6-17-7-5-10/h1-8H,9H2,(H,18,21)(H,22,23). The highest BCUT2D eigenvalue weighted by Crippen LogP contribution is 2.28. The zero-order valence-electron chi connectivity index (χ0n) is 12.7. The second-order valence-corrected chi connectivity index (χ2v) is 7.03. The van der Waals surface area contributed by atoms with Crippen LogP contribution >= 0.6 is 23.1 Å². The van der Waals surface area contributed by atoms with Crippen molar-refractivity contribution >= 4 is 40.7 Å². The number of carboxylic acid groups (broad SMARTS) is 1. The molecule has 9 heteroatoms. The second-order valence-electron chi connectivity index (χ2n) is 4.83. The molecule has 0 radical (unpaired) electrons. The van der Waals surface area contributed by atoms with Crippen LogP contribution in [0.3, 0.4) is 0 Å². The van der Waals surface area contributed by atoms with E-state index in [9.17, 15) is 9.59 Å². The lowest BCUT2D eigenvalue weighted by Gasteiger charge is -2.04. The Labute approximate surface area is 151 Å². The van der Waals surface area contributed by atoms with Crippen LogP contribution in [0.25, 0.3) is 10.6 Å². The molecule has 0 saturated heterocycles. The van der Waals surface area contributed by atoms with E-state index in [1.165, 1.54) is 35.2 Å². The molecule has 2 N–H and O–H groups in total. The van der Waals surface area contributed by atoms with Crippen molar-refractivity contribution in [2.24, 2.45) is 0 Å². The number of aromatic carboxylic acids is 1. The Morgan fingerprint density at radius 2 is 1.96 bits per heavy atom. The van der Waals surface area contributed by atoms with Gasteiger partial charge < -0.3 is 10.4 Å². The summed E-state index contributed by atoms with van der Waals surface area (Å²) in [6.07, 6.45) is 3.37. The van der Waals surface area contributed by atoms with Crippen LogP contribution in [-0.4, -0.2) is 37.9 Å². The van der Waals surface area contributed by atoms with Gasteiger partial charge in [-0.2, -0.15) is 0 Å². The number of rotatable bonds is 6. The number of nitrogens with one attached hydrogen (secondary N) is 1. The first kappa shape index (κ1) is 17.1. The van der Waals surface area contributed by atoms with E-state index in [0.717, 1.165) is 10.6 Å². The van der Waals surface area contributed by atoms with E-state index in [4.69, 9.17) is 5.11 Å². The molecule has 0 spiro atoms. The predicted molar refractivity (Wildman–Crippen MR) is 95.9 cm³/mol. The molecule has 2 heterocycles. The van der Waals surface area contributed by atoms with E-state index in [-0.39, 0.29) is 17.2 Å². The van der Waals surface area contributed by atoms with E-state index in [0.29, 0.717) is 10.0 Å². The van der Waals surface area contributed by atoms with Crippen LogP contribution in [-0.2, 0) is 4.79 Å². The third kappa shape index (κ3) is 4.61. The first-order valence-electron chi connectivity index (χ1n) is 7.12. The quantitative estimate of drug-likeness (QED) is 0.641. The topological polar surface area (TPSA) is 105 Å². The SMILES string of the molecule is O=C(CSc1nnc(-c2ccncc2)s1)Nc1cccc(C(=O)O)c1. The van der Waals surface area contributed by atoms with Gasteiger partial charge in [0, 0.05) is 23.6 Å². The van der Waals surface area contributed by atoms with Gasteiger partial charge in [0.1, 0.15) is 5.01 Å². The number of amides is 1. The van der Waals surface area contributed by atoms with Gasteiger partial charge in [0.2, 0.25) is 5.91 Å². The highest BCUT2D eigenvalue weighted by atomic mass is 32.2. The summed E-state index contributed by atoms with van der Waals surface area (Å²) in [4.78, 5) is 26.9. The van der Waals surface area contributed by atoms with Gasteiger partial charge in [-0.3, -0.25) is 9.78 Å². The summed E-state index contributed by atoms with van der Waals surface area (Å²) in [6, 6.07) is 9.79. The maximum atomic E-state index is 12.0. The zero-order chi connectivity index (χ0) is 17.6. The van der Waals surface area contributed by atoms with Crippen molar-refractivity contribution in [3.05, 3.63) is 54.4 Å². The number of carbonyl (C=O) groups is 2. The molecule has 0 saturated carbocycles. The third-order valence-electron chi connectivity index (χ3n) is 3.05. The monoisotopic (exact) mass is 372 g/mol. The maximum Gasteiger partial charge on any atom is 0.335 e. The summed E-state index contributed by atoms with van der Waals surface area (Å²) >= 11 is 2.67. The normalized spacial score (nSPS) is 10.4. The Balaban J connectivity index is 1.57. The zero-order valence-corrected chi connectivity index (χ0v) is 14.4. The molecule has 0 aliphatic rings. The van der Waals surface area contributed by atoms with Gasteiger partial charge in [0.25, 0.3) is 0 Å². The van der Waals surface area contributed by atoms with Gasteiger partial charge in [-0.25, -0.2) is 4.79 Å². The fraction of sp³-hybridized carbons (Fsp3) is 0.0625. The fourth-order valence-corrected chi connectivity index (χ4v) is 3.59. The number of hydrogen-bond acceptors (Lipinski definition) is 7. The molecule has 0 unspecified atom stereocenters. The molecular formula is C16H12N4O3S2. The molecule has 2 aromatic heterocycles. The van der Waals surface area contributed by atoms with Crippen molar-refractivity contribution in [2.45, 2.75) is 4.34 Å². The molecule has 7 nitrogen and oxygen atoms in total. The van der Waals surface area contributed by atoms with Crippen molar-refractivity contribution in [3.63, 3.8) is 0 Å².